The Bertz CT molecular complexity index is 707. The molecule has 1 N–H and O–H groups in total. The molecular weight excluding hydrogens is 319 g/mol. The summed E-state index contributed by atoms with van der Waals surface area (Å²) in [6, 6.07) is 1.57. The molecule has 1 saturated heterocycles. The van der Waals surface area contributed by atoms with Gasteiger partial charge in [0.05, 0.1) is 6.54 Å². The van der Waals surface area contributed by atoms with Crippen molar-refractivity contribution in [1.29, 1.82) is 0 Å². The van der Waals surface area contributed by atoms with Crippen molar-refractivity contribution in [1.82, 2.24) is 9.88 Å². The van der Waals surface area contributed by atoms with E-state index in [1.54, 1.807) is 20.8 Å². The van der Waals surface area contributed by atoms with Gasteiger partial charge < -0.3 is 14.6 Å². The van der Waals surface area contributed by atoms with Gasteiger partial charge in [-0.25, -0.2) is 14.6 Å². The molecule has 7 nitrogen and oxygen atoms in total. The first-order chi connectivity index (χ1) is 11.1. The smallest absolute Gasteiger partial charge is 0.411 e. The minimum absolute atomic E-state index is 0.129. The summed E-state index contributed by atoms with van der Waals surface area (Å²) < 4.78 is 24.4. The lowest BCUT2D eigenvalue weighted by Gasteiger charge is -2.44. The van der Waals surface area contributed by atoms with Gasteiger partial charge in [-0.1, -0.05) is 5.92 Å². The van der Waals surface area contributed by atoms with Gasteiger partial charge in [0.25, 0.3) is 5.95 Å². The highest BCUT2D eigenvalue weighted by Crippen LogP contribution is 2.27. The number of rotatable bonds is 3. The number of carboxylic acid groups (broad SMARTS) is 1. The van der Waals surface area contributed by atoms with Crippen LogP contribution >= 0.6 is 0 Å². The molecule has 1 aromatic rings. The fourth-order valence-electron chi connectivity index (χ4n) is 2.07. The van der Waals surface area contributed by atoms with Crippen LogP contribution in [0.1, 0.15) is 31.3 Å². The summed E-state index contributed by atoms with van der Waals surface area (Å²) >= 11 is 0. The predicted octanol–water partition coefficient (Wildman–Crippen LogP) is 1.92. The van der Waals surface area contributed by atoms with Gasteiger partial charge in [0.15, 0.2) is 11.4 Å². The molecule has 2 heterocycles. The third-order valence-electron chi connectivity index (χ3n) is 3.18. The first kappa shape index (κ1) is 17.5. The van der Waals surface area contributed by atoms with E-state index in [1.807, 2.05) is 0 Å². The second-order valence-corrected chi connectivity index (χ2v) is 6.19. The second kappa shape index (κ2) is 6.35. The molecule has 24 heavy (non-hydrogen) atoms. The number of pyridine rings is 1. The summed E-state index contributed by atoms with van der Waals surface area (Å²) in [7, 11) is 0. The van der Waals surface area contributed by atoms with Crippen molar-refractivity contribution in [2.75, 3.05) is 6.54 Å². The fraction of sp³-hybridized carbons (Fsp3) is 0.438. The van der Waals surface area contributed by atoms with E-state index in [0.717, 1.165) is 12.1 Å². The average Bonchev–Trinajstić information content (AvgIpc) is 2.42. The number of likely N-dealkylation sites (tertiary alicyclic amines) is 1. The van der Waals surface area contributed by atoms with E-state index in [0.29, 0.717) is 0 Å². The van der Waals surface area contributed by atoms with Gasteiger partial charge in [-0.3, -0.25) is 4.90 Å². The van der Waals surface area contributed by atoms with Crippen LogP contribution < -0.4 is 4.74 Å². The zero-order valence-corrected chi connectivity index (χ0v) is 13.4. The van der Waals surface area contributed by atoms with Crippen molar-refractivity contribution in [2.45, 2.75) is 38.5 Å². The number of hydrogen-bond acceptors (Lipinski definition) is 5. The number of carbonyl (C=O) groups is 2. The van der Waals surface area contributed by atoms with Crippen molar-refractivity contribution in [2.24, 2.45) is 0 Å². The Balaban J connectivity index is 2.04. The van der Waals surface area contributed by atoms with Crippen LogP contribution in [0.2, 0.25) is 0 Å². The number of aromatic carboxylic acids is 1. The molecule has 0 saturated carbocycles. The van der Waals surface area contributed by atoms with Crippen LogP contribution in [-0.2, 0) is 4.74 Å². The number of carboxylic acids is 1. The molecule has 0 spiro atoms. The maximum atomic E-state index is 13.8. The Hall–Kier alpha value is -2.82. The molecule has 0 unspecified atom stereocenters. The number of ether oxygens (including phenoxy) is 2. The molecule has 0 aromatic carbocycles. The van der Waals surface area contributed by atoms with Crippen molar-refractivity contribution in [3.05, 3.63) is 23.8 Å². The van der Waals surface area contributed by atoms with Crippen LogP contribution in [0.3, 0.4) is 0 Å². The number of terminal acetylenes is 1. The SMILES string of the molecule is C#C[C@@H]1[C@@H](Oc2ccc(C(=O)O)nc2F)CN1C(=O)OC(C)(C)C. The zero-order chi connectivity index (χ0) is 18.1. The maximum absolute atomic E-state index is 13.8. The van der Waals surface area contributed by atoms with Crippen LogP contribution in [-0.4, -0.2) is 51.3 Å². The molecule has 0 bridgehead atoms. The molecule has 2 rings (SSSR count). The summed E-state index contributed by atoms with van der Waals surface area (Å²) in [5, 5.41) is 8.75. The van der Waals surface area contributed by atoms with E-state index in [9.17, 15) is 14.0 Å². The Morgan fingerprint density at radius 1 is 1.46 bits per heavy atom. The van der Waals surface area contributed by atoms with E-state index in [1.165, 1.54) is 4.90 Å². The first-order valence-electron chi connectivity index (χ1n) is 7.14. The van der Waals surface area contributed by atoms with Crippen molar-refractivity contribution in [3.63, 3.8) is 0 Å². The lowest BCUT2D eigenvalue weighted by Crippen LogP contribution is -2.64. The molecule has 0 aliphatic carbocycles. The minimum atomic E-state index is -1.35. The third-order valence-corrected chi connectivity index (χ3v) is 3.18. The highest BCUT2D eigenvalue weighted by Gasteiger charge is 2.45. The van der Waals surface area contributed by atoms with E-state index < -0.39 is 41.5 Å². The van der Waals surface area contributed by atoms with Crippen molar-refractivity contribution >= 4 is 12.1 Å². The van der Waals surface area contributed by atoms with Crippen LogP contribution in [0.5, 0.6) is 5.75 Å². The average molecular weight is 336 g/mol. The van der Waals surface area contributed by atoms with Gasteiger partial charge in [-0.15, -0.1) is 6.42 Å². The molecule has 1 aromatic heterocycles. The van der Waals surface area contributed by atoms with Gasteiger partial charge in [-0.2, -0.15) is 4.39 Å². The highest BCUT2D eigenvalue weighted by molar-refractivity contribution is 5.85. The molecule has 1 amide bonds. The number of nitrogens with zero attached hydrogens (tertiary/aromatic N) is 2. The van der Waals surface area contributed by atoms with Crippen molar-refractivity contribution < 1.29 is 28.6 Å². The normalized spacial score (nSPS) is 19.9. The zero-order valence-electron chi connectivity index (χ0n) is 13.4. The quantitative estimate of drug-likeness (QED) is 0.670. The lowest BCUT2D eigenvalue weighted by molar-refractivity contribution is -0.0428. The third kappa shape index (κ3) is 3.74. The molecule has 8 heteroatoms. The summed E-state index contributed by atoms with van der Waals surface area (Å²) in [5.74, 6) is -0.227. The maximum Gasteiger partial charge on any atom is 0.411 e. The number of amides is 1. The highest BCUT2D eigenvalue weighted by atomic mass is 19.1. The Labute approximate surface area is 138 Å². The largest absolute Gasteiger partial charge is 0.481 e. The van der Waals surface area contributed by atoms with Crippen LogP contribution in [0.15, 0.2) is 12.1 Å². The molecule has 0 radical (unpaired) electrons. The standard InChI is InChI=1S/C16H17FN2O5/c1-5-10-12(8-19(10)15(22)24-16(2,3)4)23-11-7-6-9(14(20)21)18-13(11)17/h1,6-7,10,12H,8H2,2-4H3,(H,20,21)/t10-,12+/m1/s1. The number of halogens is 1. The van der Waals surface area contributed by atoms with Crippen LogP contribution in [0, 0.1) is 18.3 Å². The lowest BCUT2D eigenvalue weighted by atomic mass is 10.0. The Morgan fingerprint density at radius 2 is 2.12 bits per heavy atom. The number of aromatic nitrogens is 1. The Kier molecular flexibility index (Phi) is 4.64. The van der Waals surface area contributed by atoms with Crippen molar-refractivity contribution in [3.8, 4) is 18.1 Å². The van der Waals surface area contributed by atoms with E-state index >= 15 is 0 Å². The van der Waals surface area contributed by atoms with Gasteiger partial charge in [-0.05, 0) is 32.9 Å². The predicted molar refractivity (Wildman–Crippen MR) is 81.1 cm³/mol. The molecule has 2 atom stereocenters. The molecule has 1 aliphatic heterocycles. The summed E-state index contributed by atoms with van der Waals surface area (Å²) in [6.07, 6.45) is 4.20. The summed E-state index contributed by atoms with van der Waals surface area (Å²) in [6.45, 7) is 5.32. The molecule has 128 valence electrons. The van der Waals surface area contributed by atoms with Gasteiger partial charge in [0.1, 0.15) is 17.7 Å². The van der Waals surface area contributed by atoms with Gasteiger partial charge >= 0.3 is 12.1 Å². The van der Waals surface area contributed by atoms with E-state index in [-0.39, 0.29) is 12.3 Å². The van der Waals surface area contributed by atoms with E-state index in [4.69, 9.17) is 21.0 Å². The topological polar surface area (TPSA) is 89.0 Å². The molecule has 1 aliphatic rings. The molecule has 1 fully saturated rings. The second-order valence-electron chi connectivity index (χ2n) is 6.19. The molecular formula is C16H17FN2O5. The van der Waals surface area contributed by atoms with Crippen LogP contribution in [0.4, 0.5) is 9.18 Å². The fourth-order valence-corrected chi connectivity index (χ4v) is 2.07. The van der Waals surface area contributed by atoms with Crippen LogP contribution in [0.25, 0.3) is 0 Å². The number of carbonyl (C=O) groups excluding carboxylic acids is 1. The summed E-state index contributed by atoms with van der Waals surface area (Å²) in [4.78, 5) is 27.3. The van der Waals surface area contributed by atoms with Gasteiger partial charge in [0, 0.05) is 0 Å². The first-order valence-corrected chi connectivity index (χ1v) is 7.14. The summed E-state index contributed by atoms with van der Waals surface area (Å²) in [5.41, 5.74) is -1.09. The van der Waals surface area contributed by atoms with Gasteiger partial charge in [0.2, 0.25) is 0 Å². The number of hydrogen-bond donors (Lipinski definition) is 1. The van der Waals surface area contributed by atoms with E-state index in [2.05, 4.69) is 10.9 Å². The minimum Gasteiger partial charge on any atom is -0.481 e. The Morgan fingerprint density at radius 3 is 2.62 bits per heavy atom. The monoisotopic (exact) mass is 336 g/mol.